The van der Waals surface area contributed by atoms with Crippen LogP contribution in [0.4, 0.5) is 0 Å². The topological polar surface area (TPSA) is 62.2 Å². The monoisotopic (exact) mass is 228 g/mol. The van der Waals surface area contributed by atoms with Crippen molar-refractivity contribution in [2.75, 3.05) is 13.2 Å². The molecular formula is C10H16N2O2S. The maximum absolute atomic E-state index is 11.2. The van der Waals surface area contributed by atoms with Gasteiger partial charge in [0.2, 0.25) is 5.91 Å². The Morgan fingerprint density at radius 3 is 3.07 bits per heavy atom. The van der Waals surface area contributed by atoms with E-state index in [9.17, 15) is 4.79 Å². The lowest BCUT2D eigenvalue weighted by atomic mass is 10.2. The van der Waals surface area contributed by atoms with Gasteiger partial charge >= 0.3 is 0 Å². The second-order valence-corrected chi connectivity index (χ2v) is 4.35. The van der Waals surface area contributed by atoms with Gasteiger partial charge in [0.1, 0.15) is 0 Å². The predicted octanol–water partition coefficient (Wildman–Crippen LogP) is 0.883. The lowest BCUT2D eigenvalue weighted by Crippen LogP contribution is -2.26. The number of aliphatic hydroxyl groups excluding tert-OH is 1. The predicted molar refractivity (Wildman–Crippen MR) is 59.9 cm³/mol. The molecule has 1 aromatic rings. The van der Waals surface area contributed by atoms with E-state index < -0.39 is 0 Å². The van der Waals surface area contributed by atoms with Crippen LogP contribution < -0.4 is 5.32 Å². The van der Waals surface area contributed by atoms with Crippen molar-refractivity contribution in [1.29, 1.82) is 0 Å². The second kappa shape index (κ2) is 6.53. The van der Waals surface area contributed by atoms with Crippen LogP contribution in [0.1, 0.15) is 23.5 Å². The fourth-order valence-electron chi connectivity index (χ4n) is 1.24. The maximum Gasteiger partial charge on any atom is 0.220 e. The maximum atomic E-state index is 11.2. The van der Waals surface area contributed by atoms with Crippen molar-refractivity contribution < 1.29 is 9.90 Å². The Morgan fingerprint density at radius 1 is 1.67 bits per heavy atom. The molecular weight excluding hydrogens is 212 g/mol. The quantitative estimate of drug-likeness (QED) is 0.760. The fourth-order valence-corrected chi connectivity index (χ4v) is 1.88. The molecule has 84 valence electrons. The minimum absolute atomic E-state index is 0.00296. The van der Waals surface area contributed by atoms with E-state index in [0.717, 1.165) is 23.5 Å². The van der Waals surface area contributed by atoms with Crippen LogP contribution in [-0.2, 0) is 11.2 Å². The van der Waals surface area contributed by atoms with Crippen LogP contribution in [0.3, 0.4) is 0 Å². The SMILES string of the molecule is Cc1nc(CCCC(=O)NCCO)cs1. The van der Waals surface area contributed by atoms with Crippen LogP contribution >= 0.6 is 11.3 Å². The zero-order chi connectivity index (χ0) is 11.1. The third-order valence-electron chi connectivity index (χ3n) is 1.94. The summed E-state index contributed by atoms with van der Waals surface area (Å²) in [5.41, 5.74) is 1.06. The summed E-state index contributed by atoms with van der Waals surface area (Å²) in [6, 6.07) is 0. The van der Waals surface area contributed by atoms with Crippen LogP contribution in [0.2, 0.25) is 0 Å². The summed E-state index contributed by atoms with van der Waals surface area (Å²) in [5.74, 6) is -0.00370. The molecule has 0 aliphatic heterocycles. The molecule has 0 aromatic carbocycles. The third kappa shape index (κ3) is 4.90. The third-order valence-corrected chi connectivity index (χ3v) is 2.76. The van der Waals surface area contributed by atoms with E-state index in [1.165, 1.54) is 0 Å². The van der Waals surface area contributed by atoms with E-state index in [2.05, 4.69) is 10.3 Å². The average Bonchev–Trinajstić information content (AvgIpc) is 2.61. The molecule has 0 bridgehead atoms. The molecule has 0 aliphatic rings. The summed E-state index contributed by atoms with van der Waals surface area (Å²) in [6.45, 7) is 2.31. The molecule has 1 rings (SSSR count). The Balaban J connectivity index is 2.13. The highest BCUT2D eigenvalue weighted by Gasteiger charge is 2.02. The molecule has 0 unspecified atom stereocenters. The number of hydrogen-bond acceptors (Lipinski definition) is 4. The zero-order valence-electron chi connectivity index (χ0n) is 8.82. The van der Waals surface area contributed by atoms with Crippen molar-refractivity contribution in [3.63, 3.8) is 0 Å². The molecule has 0 atom stereocenters. The van der Waals surface area contributed by atoms with E-state index in [0.29, 0.717) is 13.0 Å². The summed E-state index contributed by atoms with van der Waals surface area (Å²) < 4.78 is 0. The number of carbonyl (C=O) groups is 1. The number of aliphatic hydroxyl groups is 1. The van der Waals surface area contributed by atoms with E-state index in [1.807, 2.05) is 12.3 Å². The molecule has 0 radical (unpaired) electrons. The molecule has 0 saturated heterocycles. The summed E-state index contributed by atoms with van der Waals surface area (Å²) >= 11 is 1.63. The molecule has 5 heteroatoms. The molecule has 1 heterocycles. The summed E-state index contributed by atoms with van der Waals surface area (Å²) in [5, 5.41) is 14.2. The number of thiazole rings is 1. The van der Waals surface area contributed by atoms with Crippen LogP contribution in [-0.4, -0.2) is 29.1 Å². The van der Waals surface area contributed by atoms with Crippen LogP contribution in [0, 0.1) is 6.92 Å². The smallest absolute Gasteiger partial charge is 0.220 e. The lowest BCUT2D eigenvalue weighted by molar-refractivity contribution is -0.121. The van der Waals surface area contributed by atoms with Gasteiger partial charge in [-0.05, 0) is 19.8 Å². The molecule has 0 fully saturated rings. The van der Waals surface area contributed by atoms with Crippen molar-refractivity contribution >= 4 is 17.2 Å². The minimum atomic E-state index is -0.00370. The first-order valence-electron chi connectivity index (χ1n) is 5.01. The van der Waals surface area contributed by atoms with Crippen molar-refractivity contribution in [1.82, 2.24) is 10.3 Å². The van der Waals surface area contributed by atoms with Gasteiger partial charge in [0.15, 0.2) is 0 Å². The van der Waals surface area contributed by atoms with Gasteiger partial charge in [-0.25, -0.2) is 4.98 Å². The van der Waals surface area contributed by atoms with Gasteiger partial charge in [0.25, 0.3) is 0 Å². The minimum Gasteiger partial charge on any atom is -0.395 e. The molecule has 2 N–H and O–H groups in total. The van der Waals surface area contributed by atoms with E-state index in [4.69, 9.17) is 5.11 Å². The Morgan fingerprint density at radius 2 is 2.47 bits per heavy atom. The molecule has 4 nitrogen and oxygen atoms in total. The number of nitrogens with zero attached hydrogens (tertiary/aromatic N) is 1. The number of carbonyl (C=O) groups excluding carboxylic acids is 1. The Hall–Kier alpha value is -0.940. The van der Waals surface area contributed by atoms with Crippen molar-refractivity contribution in [2.24, 2.45) is 0 Å². The van der Waals surface area contributed by atoms with Crippen LogP contribution in [0.5, 0.6) is 0 Å². The largest absolute Gasteiger partial charge is 0.395 e. The second-order valence-electron chi connectivity index (χ2n) is 3.28. The normalized spacial score (nSPS) is 10.3. The van der Waals surface area contributed by atoms with E-state index >= 15 is 0 Å². The van der Waals surface area contributed by atoms with E-state index in [1.54, 1.807) is 11.3 Å². The number of rotatable bonds is 6. The standard InChI is InChI=1S/C10H16N2O2S/c1-8-12-9(7-15-8)3-2-4-10(14)11-5-6-13/h7,13H,2-6H2,1H3,(H,11,14). The van der Waals surface area contributed by atoms with Gasteiger partial charge < -0.3 is 10.4 Å². The summed E-state index contributed by atoms with van der Waals surface area (Å²) in [6.07, 6.45) is 2.15. The highest BCUT2D eigenvalue weighted by Crippen LogP contribution is 2.10. The average molecular weight is 228 g/mol. The van der Waals surface area contributed by atoms with Crippen LogP contribution in [0.25, 0.3) is 0 Å². The number of hydrogen-bond donors (Lipinski definition) is 2. The molecule has 1 aromatic heterocycles. The Labute approximate surface area is 93.4 Å². The number of nitrogens with one attached hydrogen (secondary N) is 1. The van der Waals surface area contributed by atoms with Crippen molar-refractivity contribution in [3.8, 4) is 0 Å². The first-order chi connectivity index (χ1) is 7.22. The molecule has 0 spiro atoms. The van der Waals surface area contributed by atoms with Gasteiger partial charge in [0.05, 0.1) is 17.3 Å². The number of aryl methyl sites for hydroxylation is 2. The Bertz CT molecular complexity index is 312. The first-order valence-corrected chi connectivity index (χ1v) is 5.89. The fraction of sp³-hybridized carbons (Fsp3) is 0.600. The highest BCUT2D eigenvalue weighted by atomic mass is 32.1. The van der Waals surface area contributed by atoms with Gasteiger partial charge in [-0.2, -0.15) is 0 Å². The van der Waals surface area contributed by atoms with E-state index in [-0.39, 0.29) is 12.5 Å². The van der Waals surface area contributed by atoms with Gasteiger partial charge in [-0.1, -0.05) is 0 Å². The van der Waals surface area contributed by atoms with Crippen LogP contribution in [0.15, 0.2) is 5.38 Å². The highest BCUT2D eigenvalue weighted by molar-refractivity contribution is 7.09. The summed E-state index contributed by atoms with van der Waals surface area (Å²) in [7, 11) is 0. The van der Waals surface area contributed by atoms with Crippen molar-refractivity contribution in [2.45, 2.75) is 26.2 Å². The summed E-state index contributed by atoms with van der Waals surface area (Å²) in [4.78, 5) is 15.5. The molecule has 0 saturated carbocycles. The van der Waals surface area contributed by atoms with Crippen molar-refractivity contribution in [3.05, 3.63) is 16.1 Å². The Kier molecular flexibility index (Phi) is 5.28. The lowest BCUT2D eigenvalue weighted by Gasteiger charge is -2.01. The molecule has 15 heavy (non-hydrogen) atoms. The zero-order valence-corrected chi connectivity index (χ0v) is 9.64. The van der Waals surface area contributed by atoms with Gasteiger partial charge in [0, 0.05) is 18.3 Å². The molecule has 1 amide bonds. The first kappa shape index (κ1) is 12.1. The van der Waals surface area contributed by atoms with Gasteiger partial charge in [-0.15, -0.1) is 11.3 Å². The van der Waals surface area contributed by atoms with Gasteiger partial charge in [-0.3, -0.25) is 4.79 Å². The molecule has 0 aliphatic carbocycles. The number of aromatic nitrogens is 1. The number of amides is 1.